The van der Waals surface area contributed by atoms with Gasteiger partial charge in [0.15, 0.2) is 0 Å². The minimum atomic E-state index is 0.00431. The van der Waals surface area contributed by atoms with Crippen molar-refractivity contribution in [3.05, 3.63) is 24.0 Å². The zero-order valence-corrected chi connectivity index (χ0v) is 13.3. The highest BCUT2D eigenvalue weighted by molar-refractivity contribution is 8.00. The fourth-order valence-electron chi connectivity index (χ4n) is 2.19. The molecule has 1 aliphatic rings. The molecule has 1 fully saturated rings. The number of thioether (sulfide) groups is 1. The number of carbonyl (C=O) groups excluding carboxylic acids is 1. The smallest absolute Gasteiger partial charge is 0.272 e. The molecule has 1 heterocycles. The predicted molar refractivity (Wildman–Crippen MR) is 85.5 cm³/mol. The van der Waals surface area contributed by atoms with E-state index in [0.29, 0.717) is 23.5 Å². The highest BCUT2D eigenvalue weighted by atomic mass is 32.2. The van der Waals surface area contributed by atoms with Crippen molar-refractivity contribution in [2.75, 3.05) is 31.2 Å². The van der Waals surface area contributed by atoms with E-state index in [-0.39, 0.29) is 5.91 Å². The molecule has 0 saturated heterocycles. The fourth-order valence-corrected chi connectivity index (χ4v) is 2.91. The Morgan fingerprint density at radius 2 is 2.15 bits per heavy atom. The summed E-state index contributed by atoms with van der Waals surface area (Å²) in [6.45, 7) is 6.35. The molecule has 0 unspecified atom stereocenters. The molecule has 0 atom stereocenters. The molecule has 1 aromatic rings. The maximum atomic E-state index is 12.3. The van der Waals surface area contributed by atoms with Crippen molar-refractivity contribution in [3.8, 4) is 0 Å². The lowest BCUT2D eigenvalue weighted by Gasteiger charge is -2.19. The molecule has 20 heavy (non-hydrogen) atoms. The Hall–Kier alpha value is -1.23. The molecular formula is C15H23N3OS. The lowest BCUT2D eigenvalue weighted by atomic mass is 10.2. The Morgan fingerprint density at radius 1 is 1.45 bits per heavy atom. The highest BCUT2D eigenvalue weighted by Crippen LogP contribution is 2.47. The van der Waals surface area contributed by atoms with Crippen LogP contribution in [-0.2, 0) is 0 Å². The lowest BCUT2D eigenvalue weighted by Crippen LogP contribution is -2.31. The second-order valence-corrected chi connectivity index (χ2v) is 6.42. The molecule has 0 spiro atoms. The summed E-state index contributed by atoms with van der Waals surface area (Å²) in [5.74, 6) is 0.00431. The van der Waals surface area contributed by atoms with Crippen LogP contribution in [0.25, 0.3) is 0 Å². The van der Waals surface area contributed by atoms with E-state index in [1.165, 1.54) is 12.8 Å². The van der Waals surface area contributed by atoms with E-state index >= 15 is 0 Å². The Bertz CT molecular complexity index is 470. The van der Waals surface area contributed by atoms with Gasteiger partial charge in [-0.3, -0.25) is 9.78 Å². The molecule has 0 aromatic carbocycles. The van der Waals surface area contributed by atoms with Crippen molar-refractivity contribution in [2.45, 2.75) is 31.4 Å². The summed E-state index contributed by atoms with van der Waals surface area (Å²) in [4.78, 5) is 18.2. The third-order valence-electron chi connectivity index (χ3n) is 3.89. The van der Waals surface area contributed by atoms with Crippen LogP contribution in [0.2, 0.25) is 0 Å². The number of rotatable bonds is 7. The van der Waals surface area contributed by atoms with E-state index in [1.54, 1.807) is 11.1 Å². The molecule has 5 heteroatoms. The van der Waals surface area contributed by atoms with Gasteiger partial charge in [-0.15, -0.1) is 0 Å². The molecule has 0 aliphatic heterocycles. The van der Waals surface area contributed by atoms with Crippen molar-refractivity contribution in [1.29, 1.82) is 0 Å². The molecule has 110 valence electrons. The van der Waals surface area contributed by atoms with Crippen molar-refractivity contribution >= 4 is 23.4 Å². The van der Waals surface area contributed by atoms with Gasteiger partial charge in [-0.2, -0.15) is 11.8 Å². The number of nitrogens with zero attached hydrogens (tertiary/aromatic N) is 2. The van der Waals surface area contributed by atoms with E-state index in [0.717, 1.165) is 12.2 Å². The number of hydrogen-bond acceptors (Lipinski definition) is 4. The van der Waals surface area contributed by atoms with Crippen molar-refractivity contribution in [3.63, 3.8) is 0 Å². The van der Waals surface area contributed by atoms with Gasteiger partial charge in [0.05, 0.1) is 0 Å². The Balaban J connectivity index is 2.02. The van der Waals surface area contributed by atoms with Crippen molar-refractivity contribution in [1.82, 2.24) is 9.88 Å². The summed E-state index contributed by atoms with van der Waals surface area (Å²) in [6, 6.07) is 3.78. The first-order valence-electron chi connectivity index (χ1n) is 7.18. The molecule has 0 bridgehead atoms. The van der Waals surface area contributed by atoms with Crippen LogP contribution in [0.5, 0.6) is 0 Å². The van der Waals surface area contributed by atoms with Gasteiger partial charge in [0.2, 0.25) is 0 Å². The molecule has 1 amide bonds. The van der Waals surface area contributed by atoms with E-state index in [1.807, 2.05) is 37.7 Å². The predicted octanol–water partition coefficient (Wildman–Crippen LogP) is 2.87. The Kier molecular flexibility index (Phi) is 4.91. The zero-order valence-electron chi connectivity index (χ0n) is 12.5. The van der Waals surface area contributed by atoms with Gasteiger partial charge in [0.25, 0.3) is 5.91 Å². The van der Waals surface area contributed by atoms with Crippen LogP contribution in [-0.4, -0.2) is 46.4 Å². The fraction of sp³-hybridized carbons (Fsp3) is 0.600. The number of amides is 1. The first-order valence-corrected chi connectivity index (χ1v) is 8.41. The van der Waals surface area contributed by atoms with Crippen LogP contribution in [0.3, 0.4) is 0 Å². The van der Waals surface area contributed by atoms with Gasteiger partial charge in [0.1, 0.15) is 5.69 Å². The van der Waals surface area contributed by atoms with Gasteiger partial charge >= 0.3 is 0 Å². The summed E-state index contributed by atoms with van der Waals surface area (Å²) in [7, 11) is 0. The first kappa shape index (κ1) is 15.2. The number of carbonyl (C=O) groups is 1. The minimum absolute atomic E-state index is 0.00431. The monoisotopic (exact) mass is 293 g/mol. The lowest BCUT2D eigenvalue weighted by molar-refractivity contribution is 0.0767. The minimum Gasteiger partial charge on any atom is -0.384 e. The topological polar surface area (TPSA) is 45.2 Å². The second kappa shape index (κ2) is 6.48. The average Bonchev–Trinajstić information content (AvgIpc) is 3.27. The largest absolute Gasteiger partial charge is 0.384 e. The van der Waals surface area contributed by atoms with Crippen LogP contribution in [0, 0.1) is 0 Å². The van der Waals surface area contributed by atoms with E-state index in [4.69, 9.17) is 0 Å². The average molecular weight is 293 g/mol. The van der Waals surface area contributed by atoms with E-state index in [9.17, 15) is 4.79 Å². The zero-order chi connectivity index (χ0) is 14.6. The summed E-state index contributed by atoms with van der Waals surface area (Å²) >= 11 is 1.93. The molecule has 1 N–H and O–H groups in total. The summed E-state index contributed by atoms with van der Waals surface area (Å²) in [5.41, 5.74) is 1.50. The van der Waals surface area contributed by atoms with Gasteiger partial charge < -0.3 is 10.2 Å². The summed E-state index contributed by atoms with van der Waals surface area (Å²) in [6.07, 6.45) is 6.42. The number of pyridine rings is 1. The third-order valence-corrected chi connectivity index (χ3v) is 5.30. The van der Waals surface area contributed by atoms with Gasteiger partial charge in [-0.05, 0) is 45.1 Å². The first-order chi connectivity index (χ1) is 9.64. The summed E-state index contributed by atoms with van der Waals surface area (Å²) in [5, 5.41) is 3.44. The third kappa shape index (κ3) is 3.45. The number of anilines is 1. The van der Waals surface area contributed by atoms with Gasteiger partial charge in [0, 0.05) is 36.3 Å². The molecule has 0 radical (unpaired) electrons. The number of hydrogen-bond donors (Lipinski definition) is 1. The van der Waals surface area contributed by atoms with Crippen LogP contribution >= 0.6 is 11.8 Å². The molecular weight excluding hydrogens is 270 g/mol. The van der Waals surface area contributed by atoms with Crippen LogP contribution < -0.4 is 5.32 Å². The number of nitrogens with one attached hydrogen (secondary N) is 1. The summed E-state index contributed by atoms with van der Waals surface area (Å²) < 4.78 is 0.409. The maximum absolute atomic E-state index is 12.3. The molecule has 2 rings (SSSR count). The van der Waals surface area contributed by atoms with Crippen LogP contribution in [0.1, 0.15) is 37.2 Å². The van der Waals surface area contributed by atoms with E-state index < -0.39 is 0 Å². The van der Waals surface area contributed by atoms with Crippen LogP contribution in [0.4, 0.5) is 5.69 Å². The molecule has 1 aromatic heterocycles. The quantitative estimate of drug-likeness (QED) is 0.839. The van der Waals surface area contributed by atoms with Gasteiger partial charge in [-0.25, -0.2) is 0 Å². The molecule has 4 nitrogen and oxygen atoms in total. The molecule has 1 aliphatic carbocycles. The SMILES string of the molecule is CCN(CC)C(=O)c1cc(NCC2(SC)CC2)ccn1. The van der Waals surface area contributed by atoms with Crippen molar-refractivity contribution in [2.24, 2.45) is 0 Å². The van der Waals surface area contributed by atoms with E-state index in [2.05, 4.69) is 16.6 Å². The Morgan fingerprint density at radius 3 is 2.70 bits per heavy atom. The number of aromatic nitrogens is 1. The molecule has 1 saturated carbocycles. The Labute approximate surface area is 125 Å². The van der Waals surface area contributed by atoms with Crippen LogP contribution in [0.15, 0.2) is 18.3 Å². The normalized spacial score (nSPS) is 15.8. The standard InChI is InChI=1S/C15H23N3OS/c1-4-18(5-2)14(19)13-10-12(6-9-16-13)17-11-15(20-3)7-8-15/h6,9-10H,4-5,7-8,11H2,1-3H3,(H,16,17). The second-order valence-electron chi connectivity index (χ2n) is 5.15. The van der Waals surface area contributed by atoms with Gasteiger partial charge in [-0.1, -0.05) is 0 Å². The maximum Gasteiger partial charge on any atom is 0.272 e. The van der Waals surface area contributed by atoms with Crippen molar-refractivity contribution < 1.29 is 4.79 Å². The highest BCUT2D eigenvalue weighted by Gasteiger charge is 2.41.